The Morgan fingerprint density at radius 1 is 1.43 bits per heavy atom. The van der Waals surface area contributed by atoms with Crippen molar-refractivity contribution < 1.29 is 19.0 Å². The third kappa shape index (κ3) is 3.36. The average molecular weight is 295 g/mol. The Hall–Kier alpha value is -1.60. The molecule has 116 valence electrons. The summed E-state index contributed by atoms with van der Waals surface area (Å²) in [6, 6.07) is 1.67. The lowest BCUT2D eigenvalue weighted by Crippen LogP contribution is -2.44. The SMILES string of the molecule is CCOC(=O)c1cc2n(n1)CCC(CN1CCOCC1)O2. The van der Waals surface area contributed by atoms with Gasteiger partial charge >= 0.3 is 5.97 Å². The van der Waals surface area contributed by atoms with E-state index in [2.05, 4.69) is 10.00 Å². The van der Waals surface area contributed by atoms with Crippen LogP contribution < -0.4 is 4.74 Å². The van der Waals surface area contributed by atoms with Crippen LogP contribution in [0.3, 0.4) is 0 Å². The highest BCUT2D eigenvalue weighted by molar-refractivity contribution is 5.87. The van der Waals surface area contributed by atoms with E-state index >= 15 is 0 Å². The van der Waals surface area contributed by atoms with Gasteiger partial charge in [-0.1, -0.05) is 0 Å². The van der Waals surface area contributed by atoms with Crippen molar-refractivity contribution in [3.63, 3.8) is 0 Å². The molecular weight excluding hydrogens is 274 g/mol. The molecule has 0 N–H and O–H groups in total. The number of hydrogen-bond acceptors (Lipinski definition) is 6. The summed E-state index contributed by atoms with van der Waals surface area (Å²) >= 11 is 0. The summed E-state index contributed by atoms with van der Waals surface area (Å²) in [4.78, 5) is 14.0. The summed E-state index contributed by atoms with van der Waals surface area (Å²) in [7, 11) is 0. The van der Waals surface area contributed by atoms with Crippen LogP contribution in [-0.2, 0) is 16.0 Å². The summed E-state index contributed by atoms with van der Waals surface area (Å²) in [5.74, 6) is 0.260. The van der Waals surface area contributed by atoms with Gasteiger partial charge in [0, 0.05) is 38.7 Å². The van der Waals surface area contributed by atoms with Gasteiger partial charge in [0.1, 0.15) is 6.10 Å². The van der Waals surface area contributed by atoms with Crippen LogP contribution in [0.15, 0.2) is 6.07 Å². The molecule has 0 bridgehead atoms. The lowest BCUT2D eigenvalue weighted by molar-refractivity contribution is 0.0109. The maximum Gasteiger partial charge on any atom is 0.358 e. The summed E-state index contributed by atoms with van der Waals surface area (Å²) in [5.41, 5.74) is 0.318. The fraction of sp³-hybridized carbons (Fsp3) is 0.714. The lowest BCUT2D eigenvalue weighted by atomic mass is 10.2. The summed E-state index contributed by atoms with van der Waals surface area (Å²) < 4.78 is 18.0. The van der Waals surface area contributed by atoms with Crippen molar-refractivity contribution in [3.8, 4) is 5.88 Å². The molecule has 1 saturated heterocycles. The molecule has 7 nitrogen and oxygen atoms in total. The first kappa shape index (κ1) is 14.3. The molecule has 1 atom stereocenters. The van der Waals surface area contributed by atoms with E-state index in [1.807, 2.05) is 0 Å². The molecule has 21 heavy (non-hydrogen) atoms. The number of carbonyl (C=O) groups excluding carboxylic acids is 1. The van der Waals surface area contributed by atoms with E-state index in [0.29, 0.717) is 18.2 Å². The molecule has 0 spiro atoms. The number of fused-ring (bicyclic) bond motifs is 1. The molecule has 1 fully saturated rings. The molecular formula is C14H21N3O4. The lowest BCUT2D eigenvalue weighted by Gasteiger charge is -2.32. The van der Waals surface area contributed by atoms with Crippen molar-refractivity contribution in [2.75, 3.05) is 39.5 Å². The number of carbonyl (C=O) groups is 1. The molecule has 2 aliphatic heterocycles. The van der Waals surface area contributed by atoms with Crippen LogP contribution in [0.25, 0.3) is 0 Å². The molecule has 0 amide bonds. The monoisotopic (exact) mass is 295 g/mol. The highest BCUT2D eigenvalue weighted by atomic mass is 16.5. The average Bonchev–Trinajstić information content (AvgIpc) is 2.92. The van der Waals surface area contributed by atoms with Gasteiger partial charge in [0.25, 0.3) is 0 Å². The number of esters is 1. The van der Waals surface area contributed by atoms with Crippen LogP contribution in [0.5, 0.6) is 5.88 Å². The zero-order valence-corrected chi connectivity index (χ0v) is 12.3. The Balaban J connectivity index is 1.60. The number of hydrogen-bond donors (Lipinski definition) is 0. The standard InChI is InChI=1S/C14H21N3O4/c1-2-20-14(18)12-9-13-17(15-12)4-3-11(21-13)10-16-5-7-19-8-6-16/h9,11H,2-8,10H2,1H3. The van der Waals surface area contributed by atoms with Crippen LogP contribution in [-0.4, -0.2) is 66.2 Å². The molecule has 0 saturated carbocycles. The van der Waals surface area contributed by atoms with Crippen molar-refractivity contribution in [2.45, 2.75) is 26.0 Å². The van der Waals surface area contributed by atoms with Crippen molar-refractivity contribution in [2.24, 2.45) is 0 Å². The highest BCUT2D eigenvalue weighted by Gasteiger charge is 2.26. The fourth-order valence-corrected chi connectivity index (χ4v) is 2.66. The van der Waals surface area contributed by atoms with E-state index in [9.17, 15) is 4.79 Å². The van der Waals surface area contributed by atoms with Gasteiger partial charge < -0.3 is 14.2 Å². The molecule has 3 heterocycles. The third-order valence-electron chi connectivity index (χ3n) is 3.74. The Morgan fingerprint density at radius 3 is 3.00 bits per heavy atom. The van der Waals surface area contributed by atoms with Crippen LogP contribution in [0, 0.1) is 0 Å². The van der Waals surface area contributed by atoms with Crippen LogP contribution in [0.2, 0.25) is 0 Å². The fourth-order valence-electron chi connectivity index (χ4n) is 2.66. The zero-order valence-electron chi connectivity index (χ0n) is 12.3. The third-order valence-corrected chi connectivity index (χ3v) is 3.74. The minimum Gasteiger partial charge on any atom is -0.473 e. The summed E-state index contributed by atoms with van der Waals surface area (Å²) in [6.45, 7) is 7.27. The smallest absolute Gasteiger partial charge is 0.358 e. The number of ether oxygens (including phenoxy) is 3. The number of morpholine rings is 1. The van der Waals surface area contributed by atoms with Gasteiger partial charge in [-0.15, -0.1) is 0 Å². The second kappa shape index (κ2) is 6.44. The minimum absolute atomic E-state index is 0.141. The van der Waals surface area contributed by atoms with Crippen LogP contribution in [0.1, 0.15) is 23.8 Å². The van der Waals surface area contributed by atoms with Crippen molar-refractivity contribution >= 4 is 5.97 Å². The van der Waals surface area contributed by atoms with Gasteiger partial charge in [0.05, 0.1) is 19.8 Å². The highest BCUT2D eigenvalue weighted by Crippen LogP contribution is 2.23. The maximum absolute atomic E-state index is 11.7. The first-order chi connectivity index (χ1) is 10.3. The summed E-state index contributed by atoms with van der Waals surface area (Å²) in [5, 5.41) is 4.23. The minimum atomic E-state index is -0.396. The Labute approximate surface area is 123 Å². The molecule has 0 radical (unpaired) electrons. The zero-order chi connectivity index (χ0) is 14.7. The molecule has 1 unspecified atom stereocenters. The van der Waals surface area contributed by atoms with E-state index < -0.39 is 5.97 Å². The molecule has 0 aromatic carbocycles. The first-order valence-corrected chi connectivity index (χ1v) is 7.48. The predicted octanol–water partition coefficient (Wildman–Crippen LogP) is 0.543. The second-order valence-corrected chi connectivity index (χ2v) is 5.25. The maximum atomic E-state index is 11.7. The largest absolute Gasteiger partial charge is 0.473 e. The van der Waals surface area contributed by atoms with Gasteiger partial charge in [-0.25, -0.2) is 9.48 Å². The van der Waals surface area contributed by atoms with Crippen molar-refractivity contribution in [1.82, 2.24) is 14.7 Å². The van der Waals surface area contributed by atoms with Crippen molar-refractivity contribution in [1.29, 1.82) is 0 Å². The van der Waals surface area contributed by atoms with Gasteiger partial charge in [0.2, 0.25) is 5.88 Å². The molecule has 1 aromatic rings. The van der Waals surface area contributed by atoms with Gasteiger partial charge in [-0.05, 0) is 6.92 Å². The van der Waals surface area contributed by atoms with Gasteiger partial charge in [0.15, 0.2) is 5.69 Å². The van der Waals surface area contributed by atoms with E-state index in [0.717, 1.165) is 45.8 Å². The van der Waals surface area contributed by atoms with Crippen molar-refractivity contribution in [3.05, 3.63) is 11.8 Å². The van der Waals surface area contributed by atoms with Gasteiger partial charge in [-0.2, -0.15) is 5.10 Å². The van der Waals surface area contributed by atoms with E-state index in [4.69, 9.17) is 14.2 Å². The van der Waals surface area contributed by atoms with Gasteiger partial charge in [-0.3, -0.25) is 4.90 Å². The second-order valence-electron chi connectivity index (χ2n) is 5.25. The van der Waals surface area contributed by atoms with Crippen LogP contribution >= 0.6 is 0 Å². The Kier molecular flexibility index (Phi) is 4.40. The Bertz CT molecular complexity index is 496. The normalized spacial score (nSPS) is 22.4. The quantitative estimate of drug-likeness (QED) is 0.756. The molecule has 3 rings (SSSR count). The Morgan fingerprint density at radius 2 is 2.24 bits per heavy atom. The number of aryl methyl sites for hydroxylation is 1. The van der Waals surface area contributed by atoms with E-state index in [-0.39, 0.29) is 6.10 Å². The number of nitrogens with zero attached hydrogens (tertiary/aromatic N) is 3. The summed E-state index contributed by atoms with van der Waals surface area (Å²) in [6.07, 6.45) is 1.04. The van der Waals surface area contributed by atoms with E-state index in [1.54, 1.807) is 17.7 Å². The number of rotatable bonds is 4. The molecule has 0 aliphatic carbocycles. The number of aromatic nitrogens is 2. The molecule has 7 heteroatoms. The topological polar surface area (TPSA) is 65.8 Å². The van der Waals surface area contributed by atoms with Crippen LogP contribution in [0.4, 0.5) is 0 Å². The molecule has 1 aromatic heterocycles. The first-order valence-electron chi connectivity index (χ1n) is 7.48. The van der Waals surface area contributed by atoms with E-state index in [1.165, 1.54) is 0 Å². The predicted molar refractivity (Wildman–Crippen MR) is 74.5 cm³/mol. The molecule has 2 aliphatic rings.